The molecule has 0 unspecified atom stereocenters. The zero-order valence-corrected chi connectivity index (χ0v) is 11.7. The summed E-state index contributed by atoms with van der Waals surface area (Å²) in [4.78, 5) is 11.6. The van der Waals surface area contributed by atoms with Crippen LogP contribution in [0.3, 0.4) is 0 Å². The fourth-order valence-electron chi connectivity index (χ4n) is 2.02. The Hall–Kier alpha value is -1.73. The second-order valence-electron chi connectivity index (χ2n) is 4.60. The molecular formula is C12H14N2O4S. The molecule has 0 atom stereocenters. The van der Waals surface area contributed by atoms with E-state index in [-0.39, 0.29) is 17.2 Å². The molecule has 0 fully saturated rings. The monoisotopic (exact) mass is 282 g/mol. The highest BCUT2D eigenvalue weighted by molar-refractivity contribution is 7.85. The molecule has 0 aromatic heterocycles. The molecule has 19 heavy (non-hydrogen) atoms. The Morgan fingerprint density at radius 2 is 1.84 bits per heavy atom. The van der Waals surface area contributed by atoms with Gasteiger partial charge in [0.2, 0.25) is 0 Å². The molecule has 6 nitrogen and oxygen atoms in total. The molecule has 1 heterocycles. The van der Waals surface area contributed by atoms with Crippen molar-refractivity contribution in [3.05, 3.63) is 23.3 Å². The number of rotatable bonds is 2. The molecule has 1 aromatic rings. The lowest BCUT2D eigenvalue weighted by atomic mass is 10.1. The van der Waals surface area contributed by atoms with Crippen LogP contribution in [0.25, 0.3) is 0 Å². The van der Waals surface area contributed by atoms with E-state index in [1.54, 1.807) is 26.8 Å². The van der Waals surface area contributed by atoms with E-state index >= 15 is 0 Å². The third-order valence-corrected chi connectivity index (χ3v) is 3.91. The number of amides is 1. The molecular weight excluding hydrogens is 268 g/mol. The Kier molecular flexibility index (Phi) is 3.19. The van der Waals surface area contributed by atoms with Crippen LogP contribution in [-0.4, -0.2) is 24.6 Å². The van der Waals surface area contributed by atoms with Gasteiger partial charge in [-0.05, 0) is 44.0 Å². The highest BCUT2D eigenvalue weighted by Crippen LogP contribution is 2.29. The molecule has 0 aliphatic carbocycles. The minimum absolute atomic E-state index is 0.152. The second kappa shape index (κ2) is 4.43. The first kappa shape index (κ1) is 13.7. The van der Waals surface area contributed by atoms with Crippen LogP contribution in [0.1, 0.15) is 24.5 Å². The maximum atomic E-state index is 11.8. The normalized spacial score (nSPS) is 15.9. The molecule has 0 saturated heterocycles. The SMILES string of the molecule is CC1=NN(c2cc(C)c(S(=O)(=O)O)cc2C)C(=O)C1. The van der Waals surface area contributed by atoms with Gasteiger partial charge in [-0.1, -0.05) is 0 Å². The van der Waals surface area contributed by atoms with Crippen LogP contribution in [0.2, 0.25) is 0 Å². The zero-order chi connectivity index (χ0) is 14.4. The second-order valence-corrected chi connectivity index (χ2v) is 5.99. The Labute approximate surface area is 111 Å². The van der Waals surface area contributed by atoms with Gasteiger partial charge in [0.1, 0.15) is 0 Å². The van der Waals surface area contributed by atoms with Gasteiger partial charge in [0.05, 0.1) is 17.0 Å². The quantitative estimate of drug-likeness (QED) is 0.836. The largest absolute Gasteiger partial charge is 0.294 e. The fourth-order valence-corrected chi connectivity index (χ4v) is 2.82. The number of carbonyl (C=O) groups excluding carboxylic acids is 1. The van der Waals surface area contributed by atoms with Crippen LogP contribution in [0.15, 0.2) is 22.1 Å². The van der Waals surface area contributed by atoms with Crippen molar-refractivity contribution in [2.75, 3.05) is 5.01 Å². The van der Waals surface area contributed by atoms with Gasteiger partial charge in [-0.3, -0.25) is 9.35 Å². The molecule has 0 spiro atoms. The van der Waals surface area contributed by atoms with E-state index in [0.717, 1.165) is 0 Å². The summed E-state index contributed by atoms with van der Waals surface area (Å²) in [7, 11) is -4.26. The molecule has 1 aliphatic heterocycles. The van der Waals surface area contributed by atoms with Crippen LogP contribution in [0.5, 0.6) is 0 Å². The summed E-state index contributed by atoms with van der Waals surface area (Å²) >= 11 is 0. The fraction of sp³-hybridized carbons (Fsp3) is 0.333. The summed E-state index contributed by atoms with van der Waals surface area (Å²) < 4.78 is 31.5. The number of hydrazone groups is 1. The number of benzene rings is 1. The average Bonchev–Trinajstić information content (AvgIpc) is 2.59. The van der Waals surface area contributed by atoms with Crippen LogP contribution in [0, 0.1) is 13.8 Å². The summed E-state index contributed by atoms with van der Waals surface area (Å²) in [6.07, 6.45) is 0.262. The maximum absolute atomic E-state index is 11.8. The standard InChI is InChI=1S/C12H14N2O4S/c1-7-5-11(19(16,17)18)8(2)4-10(7)14-12(15)6-9(3)13-14/h4-5H,6H2,1-3H3,(H,16,17,18). The summed E-state index contributed by atoms with van der Waals surface area (Å²) in [6.45, 7) is 4.98. The van der Waals surface area contributed by atoms with Crippen LogP contribution < -0.4 is 5.01 Å². The van der Waals surface area contributed by atoms with E-state index in [9.17, 15) is 13.2 Å². The van der Waals surface area contributed by atoms with E-state index in [2.05, 4.69) is 5.10 Å². The van der Waals surface area contributed by atoms with Gasteiger partial charge in [-0.25, -0.2) is 5.01 Å². The lowest BCUT2D eigenvalue weighted by Crippen LogP contribution is -2.21. The minimum atomic E-state index is -4.26. The molecule has 0 bridgehead atoms. The van der Waals surface area contributed by atoms with E-state index < -0.39 is 10.1 Å². The lowest BCUT2D eigenvalue weighted by Gasteiger charge is -2.16. The van der Waals surface area contributed by atoms with Crippen molar-refractivity contribution in [2.45, 2.75) is 32.1 Å². The summed E-state index contributed by atoms with van der Waals surface area (Å²) in [5, 5.41) is 5.39. The Balaban J connectivity index is 2.57. The van der Waals surface area contributed by atoms with Crippen molar-refractivity contribution in [2.24, 2.45) is 5.10 Å². The van der Waals surface area contributed by atoms with Crippen molar-refractivity contribution in [1.82, 2.24) is 0 Å². The summed E-state index contributed by atoms with van der Waals surface area (Å²) in [5.41, 5.74) is 2.17. The van der Waals surface area contributed by atoms with Gasteiger partial charge >= 0.3 is 0 Å². The van der Waals surface area contributed by atoms with Gasteiger partial charge in [-0.2, -0.15) is 13.5 Å². The highest BCUT2D eigenvalue weighted by Gasteiger charge is 2.25. The molecule has 2 rings (SSSR count). The average molecular weight is 282 g/mol. The number of hydrogen-bond acceptors (Lipinski definition) is 4. The van der Waals surface area contributed by atoms with Gasteiger partial charge in [0.25, 0.3) is 16.0 Å². The number of nitrogens with zero attached hydrogens (tertiary/aromatic N) is 2. The Morgan fingerprint density at radius 1 is 1.21 bits per heavy atom. The Morgan fingerprint density at radius 3 is 2.32 bits per heavy atom. The molecule has 1 N–H and O–H groups in total. The first-order valence-electron chi connectivity index (χ1n) is 5.66. The summed E-state index contributed by atoms with van der Waals surface area (Å²) in [5.74, 6) is -0.153. The highest BCUT2D eigenvalue weighted by atomic mass is 32.2. The third kappa shape index (κ3) is 2.52. The predicted octanol–water partition coefficient (Wildman–Crippen LogP) is 1.66. The molecule has 7 heteroatoms. The number of aryl methyl sites for hydroxylation is 2. The van der Waals surface area contributed by atoms with Crippen molar-refractivity contribution in [3.8, 4) is 0 Å². The molecule has 1 aromatic carbocycles. The van der Waals surface area contributed by atoms with Gasteiger partial charge in [-0.15, -0.1) is 0 Å². The number of hydrogen-bond donors (Lipinski definition) is 1. The van der Waals surface area contributed by atoms with Gasteiger partial charge in [0.15, 0.2) is 0 Å². The van der Waals surface area contributed by atoms with Gasteiger partial charge in [0, 0.05) is 5.71 Å². The molecule has 1 amide bonds. The number of anilines is 1. The lowest BCUT2D eigenvalue weighted by molar-refractivity contribution is -0.116. The minimum Gasteiger partial charge on any atom is -0.282 e. The smallest absolute Gasteiger partial charge is 0.282 e. The van der Waals surface area contributed by atoms with E-state index in [4.69, 9.17) is 4.55 Å². The van der Waals surface area contributed by atoms with E-state index in [1.807, 2.05) is 0 Å². The van der Waals surface area contributed by atoms with E-state index in [0.29, 0.717) is 22.5 Å². The van der Waals surface area contributed by atoms with Crippen LogP contribution in [-0.2, 0) is 14.9 Å². The van der Waals surface area contributed by atoms with Crippen molar-refractivity contribution >= 4 is 27.4 Å². The molecule has 0 radical (unpaired) electrons. The topological polar surface area (TPSA) is 87.0 Å². The zero-order valence-electron chi connectivity index (χ0n) is 10.8. The van der Waals surface area contributed by atoms with Crippen LogP contribution >= 0.6 is 0 Å². The molecule has 102 valence electrons. The first-order chi connectivity index (χ1) is 8.70. The van der Waals surface area contributed by atoms with Gasteiger partial charge < -0.3 is 0 Å². The number of carbonyl (C=O) groups is 1. The predicted molar refractivity (Wildman–Crippen MR) is 70.9 cm³/mol. The molecule has 0 saturated carbocycles. The van der Waals surface area contributed by atoms with Crippen molar-refractivity contribution < 1.29 is 17.8 Å². The summed E-state index contributed by atoms with van der Waals surface area (Å²) in [6, 6.07) is 2.88. The Bertz CT molecular complexity index is 692. The third-order valence-electron chi connectivity index (χ3n) is 2.91. The van der Waals surface area contributed by atoms with Crippen molar-refractivity contribution in [1.29, 1.82) is 0 Å². The van der Waals surface area contributed by atoms with E-state index in [1.165, 1.54) is 11.1 Å². The van der Waals surface area contributed by atoms with Crippen molar-refractivity contribution in [3.63, 3.8) is 0 Å². The maximum Gasteiger partial charge on any atom is 0.294 e. The van der Waals surface area contributed by atoms with Crippen LogP contribution in [0.4, 0.5) is 5.69 Å². The first-order valence-corrected chi connectivity index (χ1v) is 7.10. The molecule has 1 aliphatic rings.